The molecule has 2 N–H and O–H groups in total. The van der Waals surface area contributed by atoms with Crippen LogP contribution < -0.4 is 10.6 Å². The Morgan fingerprint density at radius 1 is 1.00 bits per heavy atom. The summed E-state index contributed by atoms with van der Waals surface area (Å²) in [6, 6.07) is 8.12. The number of halogens is 3. The number of hydrogen-bond acceptors (Lipinski definition) is 5. The maximum atomic E-state index is 13.8. The number of alkyl halides is 3. The van der Waals surface area contributed by atoms with Crippen LogP contribution in [-0.4, -0.2) is 31.3 Å². The van der Waals surface area contributed by atoms with Gasteiger partial charge in [-0.1, -0.05) is 6.07 Å². The Kier molecular flexibility index (Phi) is 7.14. The van der Waals surface area contributed by atoms with Gasteiger partial charge in [0.25, 0.3) is 5.91 Å². The number of aromatic nitrogens is 4. The first-order valence-corrected chi connectivity index (χ1v) is 11.0. The number of imidazole rings is 1. The highest BCUT2D eigenvalue weighted by Crippen LogP contribution is 2.36. The molecule has 0 bridgehead atoms. The third kappa shape index (κ3) is 6.26. The molecule has 0 aliphatic rings. The quantitative estimate of drug-likeness (QED) is 0.350. The summed E-state index contributed by atoms with van der Waals surface area (Å²) in [6.45, 7) is 3.42. The van der Waals surface area contributed by atoms with Crippen LogP contribution in [0.1, 0.15) is 32.7 Å². The summed E-state index contributed by atoms with van der Waals surface area (Å²) < 4.78 is 42.6. The van der Waals surface area contributed by atoms with Gasteiger partial charge in [-0.3, -0.25) is 9.59 Å². The normalized spacial score (nSPS) is 11.5. The molecule has 0 aliphatic carbocycles. The molecular weight excluding hydrogens is 485 g/mol. The summed E-state index contributed by atoms with van der Waals surface area (Å²) in [4.78, 5) is 36.9. The first kappa shape index (κ1) is 25.3. The number of carbonyl (C=O) groups is 2. The molecule has 0 atom stereocenters. The van der Waals surface area contributed by atoms with Gasteiger partial charge in [0.2, 0.25) is 5.91 Å². The molecule has 0 fully saturated rings. The van der Waals surface area contributed by atoms with E-state index in [1.54, 1.807) is 32.3 Å². The molecule has 2 heterocycles. The van der Waals surface area contributed by atoms with Gasteiger partial charge >= 0.3 is 6.18 Å². The van der Waals surface area contributed by atoms with E-state index < -0.39 is 23.6 Å². The highest BCUT2D eigenvalue weighted by molar-refractivity contribution is 6.07. The third-order valence-electron chi connectivity index (χ3n) is 5.32. The molecule has 188 valence electrons. The van der Waals surface area contributed by atoms with Crippen molar-refractivity contribution in [3.63, 3.8) is 0 Å². The zero-order valence-electron chi connectivity index (χ0n) is 19.7. The summed E-state index contributed by atoms with van der Waals surface area (Å²) in [5.74, 6) is -1.07. The minimum Gasteiger partial charge on any atom is -0.322 e. The summed E-state index contributed by atoms with van der Waals surface area (Å²) in [5, 5.41) is 5.19. The number of carbonyl (C=O) groups excluding carboxylic acids is 2. The van der Waals surface area contributed by atoms with Gasteiger partial charge in [0, 0.05) is 47.2 Å². The fourth-order valence-electron chi connectivity index (χ4n) is 3.46. The van der Waals surface area contributed by atoms with Crippen molar-refractivity contribution in [1.82, 2.24) is 19.5 Å². The lowest BCUT2D eigenvalue weighted by Gasteiger charge is -2.16. The molecule has 0 aliphatic heterocycles. The van der Waals surface area contributed by atoms with Crippen molar-refractivity contribution in [2.24, 2.45) is 0 Å². The highest BCUT2D eigenvalue weighted by atomic mass is 19.4. The maximum Gasteiger partial charge on any atom is 0.418 e. The average molecular weight is 506 g/mol. The van der Waals surface area contributed by atoms with Gasteiger partial charge in [0.05, 0.1) is 23.3 Å². The number of amides is 2. The lowest BCUT2D eigenvalue weighted by Crippen LogP contribution is -2.16. The molecule has 2 aromatic heterocycles. The van der Waals surface area contributed by atoms with E-state index >= 15 is 0 Å². The van der Waals surface area contributed by atoms with Gasteiger partial charge < -0.3 is 15.2 Å². The van der Waals surface area contributed by atoms with Gasteiger partial charge in [0.1, 0.15) is 6.33 Å². The van der Waals surface area contributed by atoms with Crippen LogP contribution in [0.25, 0.3) is 11.8 Å². The molecule has 0 unspecified atom stereocenters. The van der Waals surface area contributed by atoms with Crippen molar-refractivity contribution in [2.45, 2.75) is 20.0 Å². The number of anilines is 2. The van der Waals surface area contributed by atoms with Crippen LogP contribution in [0.15, 0.2) is 73.7 Å². The lowest BCUT2D eigenvalue weighted by atomic mass is 10.1. The molecule has 0 spiro atoms. The predicted molar refractivity (Wildman–Crippen MR) is 132 cm³/mol. The molecule has 0 saturated heterocycles. The van der Waals surface area contributed by atoms with E-state index in [-0.39, 0.29) is 16.9 Å². The van der Waals surface area contributed by atoms with E-state index in [4.69, 9.17) is 0 Å². The van der Waals surface area contributed by atoms with Gasteiger partial charge in [-0.15, -0.1) is 0 Å². The summed E-state index contributed by atoms with van der Waals surface area (Å²) >= 11 is 0. The Balaban J connectivity index is 1.52. The summed E-state index contributed by atoms with van der Waals surface area (Å²) in [7, 11) is 0. The van der Waals surface area contributed by atoms with E-state index in [2.05, 4.69) is 25.6 Å². The minimum absolute atomic E-state index is 0.0305. The van der Waals surface area contributed by atoms with Crippen molar-refractivity contribution in [1.29, 1.82) is 0 Å². The monoisotopic (exact) mass is 506 g/mol. The summed E-state index contributed by atoms with van der Waals surface area (Å²) in [5.41, 5.74) is 1.37. The molecule has 2 amide bonds. The number of rotatable bonds is 6. The molecule has 4 rings (SSSR count). The van der Waals surface area contributed by atoms with E-state index in [0.717, 1.165) is 6.07 Å². The lowest BCUT2D eigenvalue weighted by molar-refractivity contribution is -0.137. The molecule has 8 nitrogen and oxygen atoms in total. The molecule has 0 radical (unpaired) electrons. The van der Waals surface area contributed by atoms with Crippen molar-refractivity contribution in [3.05, 3.63) is 102 Å². The zero-order valence-corrected chi connectivity index (χ0v) is 19.7. The van der Waals surface area contributed by atoms with Gasteiger partial charge in [-0.05, 0) is 55.8 Å². The molecule has 37 heavy (non-hydrogen) atoms. The number of hydrogen-bond donors (Lipinski definition) is 2. The van der Waals surface area contributed by atoms with Crippen LogP contribution in [0.4, 0.5) is 24.5 Å². The highest BCUT2D eigenvalue weighted by Gasteiger charge is 2.34. The van der Waals surface area contributed by atoms with Gasteiger partial charge in [0.15, 0.2) is 0 Å². The molecule has 4 aromatic rings. The first-order chi connectivity index (χ1) is 17.6. The van der Waals surface area contributed by atoms with E-state index in [1.807, 2.05) is 0 Å². The number of aryl methyl sites for hydroxylation is 2. The SMILES string of the molecule is Cc1cn(-c2ccc(NC(=O)c3ccc(C)c(NC(=O)/C=C/c4cncnc4)c3)cc2C(F)(F)F)cn1. The largest absolute Gasteiger partial charge is 0.418 e. The minimum atomic E-state index is -4.66. The second-order valence-electron chi connectivity index (χ2n) is 8.13. The first-order valence-electron chi connectivity index (χ1n) is 11.0. The molecule has 2 aromatic carbocycles. The maximum absolute atomic E-state index is 13.8. The fourth-order valence-corrected chi connectivity index (χ4v) is 3.46. The second kappa shape index (κ2) is 10.4. The smallest absolute Gasteiger partial charge is 0.322 e. The summed E-state index contributed by atoms with van der Waals surface area (Å²) in [6.07, 6.45) is 5.41. The Morgan fingerprint density at radius 3 is 2.43 bits per heavy atom. The van der Waals surface area contributed by atoms with Crippen LogP contribution in [0, 0.1) is 13.8 Å². The Morgan fingerprint density at radius 2 is 1.76 bits per heavy atom. The van der Waals surface area contributed by atoms with Gasteiger partial charge in [-0.2, -0.15) is 13.2 Å². The van der Waals surface area contributed by atoms with Crippen molar-refractivity contribution in [3.8, 4) is 5.69 Å². The number of nitrogens with zero attached hydrogens (tertiary/aromatic N) is 4. The molecular formula is C26H21F3N6O2. The number of benzene rings is 2. The zero-order chi connectivity index (χ0) is 26.6. The van der Waals surface area contributed by atoms with E-state index in [0.29, 0.717) is 22.5 Å². The van der Waals surface area contributed by atoms with Crippen LogP contribution in [0.5, 0.6) is 0 Å². The average Bonchev–Trinajstić information content (AvgIpc) is 3.30. The second-order valence-corrected chi connectivity index (χ2v) is 8.13. The Bertz CT molecular complexity index is 1480. The van der Waals surface area contributed by atoms with Crippen LogP contribution >= 0.6 is 0 Å². The van der Waals surface area contributed by atoms with Crippen molar-refractivity contribution < 1.29 is 22.8 Å². The molecule has 11 heteroatoms. The van der Waals surface area contributed by atoms with E-state index in [9.17, 15) is 22.8 Å². The molecule has 0 saturated carbocycles. The van der Waals surface area contributed by atoms with Crippen molar-refractivity contribution in [2.75, 3.05) is 10.6 Å². The van der Waals surface area contributed by atoms with Crippen LogP contribution in [-0.2, 0) is 11.0 Å². The van der Waals surface area contributed by atoms with Crippen LogP contribution in [0.2, 0.25) is 0 Å². The standard InChI is InChI=1S/C26H21F3N6O2/c1-16-3-5-19(9-22(16)34-24(36)8-4-18-11-30-14-31-12-18)25(37)33-20-6-7-23(21(10-20)26(27,28)29)35-13-17(2)32-15-35/h3-15H,1-2H3,(H,33,37)(H,34,36)/b8-4+. The number of nitrogens with one attached hydrogen (secondary N) is 2. The van der Waals surface area contributed by atoms with Crippen molar-refractivity contribution >= 4 is 29.3 Å². The van der Waals surface area contributed by atoms with E-state index in [1.165, 1.54) is 59.8 Å². The Labute approximate surface area is 209 Å². The topological polar surface area (TPSA) is 102 Å². The fraction of sp³-hybridized carbons (Fsp3) is 0.115. The van der Waals surface area contributed by atoms with Crippen LogP contribution in [0.3, 0.4) is 0 Å². The third-order valence-corrected chi connectivity index (χ3v) is 5.32. The van der Waals surface area contributed by atoms with Gasteiger partial charge in [-0.25, -0.2) is 15.0 Å². The Hall–Kier alpha value is -4.80. The predicted octanol–water partition coefficient (Wildman–Crippen LogP) is 5.20.